The van der Waals surface area contributed by atoms with E-state index in [1.165, 1.54) is 18.9 Å². The first kappa shape index (κ1) is 13.2. The van der Waals surface area contributed by atoms with Gasteiger partial charge in [-0.15, -0.1) is 0 Å². The third kappa shape index (κ3) is 3.36. The van der Waals surface area contributed by atoms with Crippen LogP contribution >= 0.6 is 0 Å². The maximum atomic E-state index is 11.2. The number of rotatable bonds is 5. The molecule has 0 radical (unpaired) electrons. The zero-order chi connectivity index (χ0) is 13.3. The van der Waals surface area contributed by atoms with Crippen molar-refractivity contribution in [3.63, 3.8) is 0 Å². The lowest BCUT2D eigenvalue weighted by atomic mass is 10.1. The molecule has 0 heterocycles. The first-order valence-corrected chi connectivity index (χ1v) is 7.60. The Labute approximate surface area is 108 Å². The maximum Gasteiger partial charge on any atom is 0.240 e. The molecule has 1 aliphatic carbocycles. The van der Waals surface area contributed by atoms with Crippen LogP contribution in [0, 0.1) is 5.92 Å². The van der Waals surface area contributed by atoms with Crippen molar-refractivity contribution in [3.8, 4) is 0 Å². The summed E-state index contributed by atoms with van der Waals surface area (Å²) in [6.45, 7) is 2.11. The predicted molar refractivity (Wildman–Crippen MR) is 72.7 cm³/mol. The fourth-order valence-electron chi connectivity index (χ4n) is 2.09. The van der Waals surface area contributed by atoms with E-state index in [4.69, 9.17) is 10.9 Å². The lowest BCUT2D eigenvalue weighted by Gasteiger charge is -2.15. The van der Waals surface area contributed by atoms with Crippen LogP contribution in [0.2, 0.25) is 0 Å². The van der Waals surface area contributed by atoms with Crippen LogP contribution in [0.25, 0.3) is 0 Å². The minimum Gasteiger partial charge on any atom is -0.398 e. The summed E-state index contributed by atoms with van der Waals surface area (Å²) >= 11 is 0. The molecular weight excluding hydrogens is 250 g/mol. The zero-order valence-corrected chi connectivity index (χ0v) is 11.2. The Morgan fingerprint density at radius 3 is 2.61 bits per heavy atom. The molecule has 1 aliphatic rings. The van der Waals surface area contributed by atoms with Crippen molar-refractivity contribution in [1.29, 1.82) is 0 Å². The molecule has 1 fully saturated rings. The summed E-state index contributed by atoms with van der Waals surface area (Å²) in [7, 11) is -3.74. The molecule has 0 saturated heterocycles. The Hall–Kier alpha value is -1.27. The van der Waals surface area contributed by atoms with Crippen LogP contribution in [0.5, 0.6) is 0 Å². The van der Waals surface area contributed by atoms with Crippen LogP contribution in [0.3, 0.4) is 0 Å². The molecule has 0 bridgehead atoms. The fraction of sp³-hybridized carbons (Fsp3) is 0.500. The molecule has 0 spiro atoms. The molecule has 1 aromatic rings. The molecule has 0 amide bonds. The third-order valence-electron chi connectivity index (χ3n) is 3.11. The first-order valence-electron chi connectivity index (χ1n) is 6.05. The normalized spacial score (nSPS) is 17.4. The molecular formula is C12H19N3O2S. The van der Waals surface area contributed by atoms with Gasteiger partial charge < -0.3 is 11.1 Å². The SMILES string of the molecule is CC(CC1CC1)Nc1ccc(S(N)(=O)=O)c(N)c1. The van der Waals surface area contributed by atoms with Gasteiger partial charge >= 0.3 is 0 Å². The van der Waals surface area contributed by atoms with Crippen molar-refractivity contribution in [2.24, 2.45) is 11.1 Å². The van der Waals surface area contributed by atoms with E-state index in [0.717, 1.165) is 18.0 Å². The molecule has 1 atom stereocenters. The number of hydrogen-bond acceptors (Lipinski definition) is 4. The summed E-state index contributed by atoms with van der Waals surface area (Å²) < 4.78 is 22.4. The van der Waals surface area contributed by atoms with Gasteiger partial charge in [-0.2, -0.15) is 0 Å². The minimum atomic E-state index is -3.74. The van der Waals surface area contributed by atoms with Gasteiger partial charge in [0.25, 0.3) is 0 Å². The third-order valence-corrected chi connectivity index (χ3v) is 4.10. The fourth-order valence-corrected chi connectivity index (χ4v) is 2.74. The van der Waals surface area contributed by atoms with E-state index < -0.39 is 10.0 Å². The highest BCUT2D eigenvalue weighted by Gasteiger charge is 2.23. The number of anilines is 2. The average molecular weight is 269 g/mol. The molecule has 100 valence electrons. The van der Waals surface area contributed by atoms with E-state index in [1.807, 2.05) is 0 Å². The summed E-state index contributed by atoms with van der Waals surface area (Å²) in [5.41, 5.74) is 6.71. The number of nitrogen functional groups attached to an aromatic ring is 1. The second-order valence-corrected chi connectivity index (χ2v) is 6.55. The van der Waals surface area contributed by atoms with Gasteiger partial charge in [0, 0.05) is 11.7 Å². The standard InChI is InChI=1S/C12H19N3O2S/c1-8(6-9-2-3-9)15-10-4-5-12(11(13)7-10)18(14,16)17/h4-5,7-9,15H,2-3,6,13H2,1H3,(H2,14,16,17). The summed E-state index contributed by atoms with van der Waals surface area (Å²) in [5.74, 6) is 0.841. The van der Waals surface area contributed by atoms with Crippen molar-refractivity contribution in [2.75, 3.05) is 11.1 Å². The molecule has 2 rings (SSSR count). The summed E-state index contributed by atoms with van der Waals surface area (Å²) in [5, 5.41) is 8.37. The zero-order valence-electron chi connectivity index (χ0n) is 10.4. The van der Waals surface area contributed by atoms with Gasteiger partial charge in [0.2, 0.25) is 10.0 Å². The molecule has 1 saturated carbocycles. The predicted octanol–water partition coefficient (Wildman–Crippen LogP) is 1.52. The van der Waals surface area contributed by atoms with E-state index in [1.54, 1.807) is 12.1 Å². The van der Waals surface area contributed by atoms with Crippen molar-refractivity contribution < 1.29 is 8.42 Å². The van der Waals surface area contributed by atoms with Crippen molar-refractivity contribution >= 4 is 21.4 Å². The smallest absolute Gasteiger partial charge is 0.240 e. The lowest BCUT2D eigenvalue weighted by molar-refractivity contribution is 0.598. The van der Waals surface area contributed by atoms with Gasteiger partial charge in [-0.3, -0.25) is 0 Å². The summed E-state index contributed by atoms with van der Waals surface area (Å²) in [6, 6.07) is 5.11. The van der Waals surface area contributed by atoms with Crippen molar-refractivity contribution in [2.45, 2.75) is 37.1 Å². The number of nitrogens with one attached hydrogen (secondary N) is 1. The topological polar surface area (TPSA) is 98.2 Å². The van der Waals surface area contributed by atoms with Gasteiger partial charge in [-0.25, -0.2) is 13.6 Å². The number of hydrogen-bond donors (Lipinski definition) is 3. The van der Waals surface area contributed by atoms with Crippen LogP contribution in [0.1, 0.15) is 26.2 Å². The minimum absolute atomic E-state index is 0.0251. The van der Waals surface area contributed by atoms with Crippen LogP contribution in [-0.2, 0) is 10.0 Å². The molecule has 5 nitrogen and oxygen atoms in total. The Bertz CT molecular complexity index is 538. The molecule has 0 aromatic heterocycles. The highest BCUT2D eigenvalue weighted by molar-refractivity contribution is 7.89. The number of benzene rings is 1. The number of primary sulfonamides is 1. The van der Waals surface area contributed by atoms with Gasteiger partial charge in [0.15, 0.2) is 0 Å². The van der Waals surface area contributed by atoms with Crippen LogP contribution < -0.4 is 16.2 Å². The first-order chi connectivity index (χ1) is 8.36. The van der Waals surface area contributed by atoms with E-state index in [9.17, 15) is 8.42 Å². The molecule has 18 heavy (non-hydrogen) atoms. The number of nitrogens with two attached hydrogens (primary N) is 2. The van der Waals surface area contributed by atoms with Crippen LogP contribution in [0.4, 0.5) is 11.4 Å². The Kier molecular flexibility index (Phi) is 3.49. The van der Waals surface area contributed by atoms with Crippen molar-refractivity contribution in [1.82, 2.24) is 0 Å². The van der Waals surface area contributed by atoms with Crippen LogP contribution in [0.15, 0.2) is 23.1 Å². The monoisotopic (exact) mass is 269 g/mol. The highest BCUT2D eigenvalue weighted by atomic mass is 32.2. The van der Waals surface area contributed by atoms with Gasteiger partial charge in [-0.05, 0) is 37.5 Å². The molecule has 1 unspecified atom stereocenters. The second-order valence-electron chi connectivity index (χ2n) is 5.02. The van der Waals surface area contributed by atoms with Gasteiger partial charge in [0.1, 0.15) is 4.90 Å². The Morgan fingerprint density at radius 1 is 1.44 bits per heavy atom. The summed E-state index contributed by atoms with van der Waals surface area (Å²) in [6.07, 6.45) is 3.77. The van der Waals surface area contributed by atoms with Crippen LogP contribution in [-0.4, -0.2) is 14.5 Å². The molecule has 6 heteroatoms. The largest absolute Gasteiger partial charge is 0.398 e. The molecule has 0 aliphatic heterocycles. The summed E-state index contributed by atoms with van der Waals surface area (Å²) in [4.78, 5) is -0.0251. The molecule has 1 aromatic carbocycles. The highest BCUT2D eigenvalue weighted by Crippen LogP contribution is 2.34. The second kappa shape index (κ2) is 4.78. The van der Waals surface area contributed by atoms with E-state index in [2.05, 4.69) is 12.2 Å². The lowest BCUT2D eigenvalue weighted by Crippen LogP contribution is -2.17. The van der Waals surface area contributed by atoms with E-state index in [-0.39, 0.29) is 10.6 Å². The van der Waals surface area contributed by atoms with Gasteiger partial charge in [0.05, 0.1) is 5.69 Å². The van der Waals surface area contributed by atoms with E-state index in [0.29, 0.717) is 6.04 Å². The Morgan fingerprint density at radius 2 is 2.11 bits per heavy atom. The van der Waals surface area contributed by atoms with Crippen molar-refractivity contribution in [3.05, 3.63) is 18.2 Å². The van der Waals surface area contributed by atoms with E-state index >= 15 is 0 Å². The molecule has 5 N–H and O–H groups in total. The van der Waals surface area contributed by atoms with Gasteiger partial charge in [-0.1, -0.05) is 12.8 Å². The maximum absolute atomic E-state index is 11.2. The number of sulfonamides is 1. The quantitative estimate of drug-likeness (QED) is 0.706. The average Bonchev–Trinajstić information content (AvgIpc) is 2.99. The Balaban J connectivity index is 2.08.